The third-order valence-electron chi connectivity index (χ3n) is 2.24. The van der Waals surface area contributed by atoms with E-state index >= 15 is 0 Å². The van der Waals surface area contributed by atoms with Crippen molar-refractivity contribution in [2.75, 3.05) is 5.73 Å². The summed E-state index contributed by atoms with van der Waals surface area (Å²) in [6.45, 7) is 0. The number of nitrogens with two attached hydrogens (primary N) is 1. The summed E-state index contributed by atoms with van der Waals surface area (Å²) in [6.07, 6.45) is 3.15. The van der Waals surface area contributed by atoms with Crippen LogP contribution in [0.2, 0.25) is 5.02 Å². The van der Waals surface area contributed by atoms with E-state index in [9.17, 15) is 0 Å². The summed E-state index contributed by atoms with van der Waals surface area (Å²) in [4.78, 5) is 8.10. The van der Waals surface area contributed by atoms with Crippen molar-refractivity contribution in [1.82, 2.24) is 9.97 Å². The minimum atomic E-state index is 0.410. The predicted molar refractivity (Wildman–Crippen MR) is 72.2 cm³/mol. The average Bonchev–Trinajstić information content (AvgIpc) is 2.39. The van der Waals surface area contributed by atoms with Crippen molar-refractivity contribution in [3.63, 3.8) is 0 Å². The molecule has 0 saturated carbocycles. The Labute approximate surface area is 114 Å². The molecule has 0 aliphatic rings. The number of nitriles is 1. The number of thioether (sulfide) groups is 1. The normalized spacial score (nSPS) is 10.0. The topological polar surface area (TPSA) is 75.6 Å². The zero-order valence-corrected chi connectivity index (χ0v) is 10.9. The van der Waals surface area contributed by atoms with Crippen LogP contribution in [-0.2, 0) is 5.75 Å². The Balaban J connectivity index is 2.12. The molecule has 90 valence electrons. The van der Waals surface area contributed by atoms with E-state index in [2.05, 4.69) is 9.97 Å². The van der Waals surface area contributed by atoms with E-state index in [1.165, 1.54) is 11.8 Å². The largest absolute Gasteiger partial charge is 0.381 e. The van der Waals surface area contributed by atoms with Gasteiger partial charge >= 0.3 is 0 Å². The van der Waals surface area contributed by atoms with Gasteiger partial charge in [0.2, 0.25) is 0 Å². The average molecular weight is 277 g/mol. The minimum Gasteiger partial charge on any atom is -0.381 e. The van der Waals surface area contributed by atoms with Gasteiger partial charge in [-0.05, 0) is 17.7 Å². The molecule has 0 spiro atoms. The maximum absolute atomic E-state index is 8.75. The molecule has 0 saturated heterocycles. The van der Waals surface area contributed by atoms with Crippen molar-refractivity contribution >= 4 is 29.2 Å². The maximum atomic E-state index is 8.75. The Morgan fingerprint density at radius 1 is 1.33 bits per heavy atom. The lowest BCUT2D eigenvalue weighted by Crippen LogP contribution is -1.95. The SMILES string of the molecule is N#Cc1ccc(CSc2nccnc2N)c(Cl)c1. The molecule has 1 heterocycles. The molecule has 0 fully saturated rings. The summed E-state index contributed by atoms with van der Waals surface area (Å²) < 4.78 is 0. The van der Waals surface area contributed by atoms with Crippen LogP contribution in [0.15, 0.2) is 35.6 Å². The van der Waals surface area contributed by atoms with Gasteiger partial charge < -0.3 is 5.73 Å². The van der Waals surface area contributed by atoms with Gasteiger partial charge in [0.15, 0.2) is 5.82 Å². The number of rotatable bonds is 3. The van der Waals surface area contributed by atoms with Crippen LogP contribution in [0.4, 0.5) is 5.82 Å². The summed E-state index contributed by atoms with van der Waals surface area (Å²) in [7, 11) is 0. The van der Waals surface area contributed by atoms with Gasteiger partial charge in [0.25, 0.3) is 0 Å². The van der Waals surface area contributed by atoms with Gasteiger partial charge in [-0.2, -0.15) is 5.26 Å². The number of anilines is 1. The number of hydrogen-bond donors (Lipinski definition) is 1. The van der Waals surface area contributed by atoms with Gasteiger partial charge in [-0.25, -0.2) is 9.97 Å². The van der Waals surface area contributed by atoms with Crippen LogP contribution in [-0.4, -0.2) is 9.97 Å². The Morgan fingerprint density at radius 2 is 2.11 bits per heavy atom. The first-order chi connectivity index (χ1) is 8.70. The highest BCUT2D eigenvalue weighted by atomic mass is 35.5. The van der Waals surface area contributed by atoms with Crippen LogP contribution in [0, 0.1) is 11.3 Å². The van der Waals surface area contributed by atoms with Crippen molar-refractivity contribution in [3.05, 3.63) is 46.7 Å². The minimum absolute atomic E-state index is 0.410. The highest BCUT2D eigenvalue weighted by Crippen LogP contribution is 2.28. The van der Waals surface area contributed by atoms with Gasteiger partial charge in [0.1, 0.15) is 5.03 Å². The number of benzene rings is 1. The first-order valence-electron chi connectivity index (χ1n) is 5.08. The van der Waals surface area contributed by atoms with Crippen molar-refractivity contribution < 1.29 is 0 Å². The quantitative estimate of drug-likeness (QED) is 0.873. The molecule has 1 aromatic carbocycles. The summed E-state index contributed by atoms with van der Waals surface area (Å²) in [5.74, 6) is 1.04. The molecule has 6 heteroatoms. The number of nitrogen functional groups attached to an aromatic ring is 1. The molecule has 2 aromatic rings. The van der Waals surface area contributed by atoms with E-state index in [1.54, 1.807) is 24.5 Å². The lowest BCUT2D eigenvalue weighted by atomic mass is 10.2. The molecular weight excluding hydrogens is 268 g/mol. The fourth-order valence-electron chi connectivity index (χ4n) is 1.33. The van der Waals surface area contributed by atoms with Gasteiger partial charge in [-0.15, -0.1) is 0 Å². The van der Waals surface area contributed by atoms with E-state index in [-0.39, 0.29) is 0 Å². The van der Waals surface area contributed by atoms with Crippen LogP contribution >= 0.6 is 23.4 Å². The number of nitrogens with zero attached hydrogens (tertiary/aromatic N) is 3. The number of hydrogen-bond acceptors (Lipinski definition) is 5. The lowest BCUT2D eigenvalue weighted by Gasteiger charge is -2.05. The number of aromatic nitrogens is 2. The molecule has 2 N–H and O–H groups in total. The van der Waals surface area contributed by atoms with E-state index < -0.39 is 0 Å². The lowest BCUT2D eigenvalue weighted by molar-refractivity contribution is 1.07. The van der Waals surface area contributed by atoms with Crippen LogP contribution in [0.1, 0.15) is 11.1 Å². The zero-order valence-electron chi connectivity index (χ0n) is 9.30. The highest BCUT2D eigenvalue weighted by molar-refractivity contribution is 7.98. The van der Waals surface area contributed by atoms with Gasteiger partial charge in [0.05, 0.1) is 11.6 Å². The van der Waals surface area contributed by atoms with Gasteiger partial charge in [-0.1, -0.05) is 29.4 Å². The predicted octanol–water partition coefficient (Wildman–Crippen LogP) is 2.88. The van der Waals surface area contributed by atoms with Crippen molar-refractivity contribution in [3.8, 4) is 6.07 Å². The Kier molecular flexibility index (Phi) is 4.03. The molecular formula is C12H9ClN4S. The van der Waals surface area contributed by atoms with Crippen LogP contribution in [0.3, 0.4) is 0 Å². The fourth-order valence-corrected chi connectivity index (χ4v) is 2.53. The first-order valence-corrected chi connectivity index (χ1v) is 6.45. The van der Waals surface area contributed by atoms with E-state index in [4.69, 9.17) is 22.6 Å². The third-order valence-corrected chi connectivity index (χ3v) is 3.63. The Hall–Kier alpha value is -1.77. The fraction of sp³-hybridized carbons (Fsp3) is 0.0833. The van der Waals surface area contributed by atoms with Crippen molar-refractivity contribution in [2.24, 2.45) is 0 Å². The summed E-state index contributed by atoms with van der Waals surface area (Å²) >= 11 is 7.54. The maximum Gasteiger partial charge on any atom is 0.156 e. The van der Waals surface area contributed by atoms with E-state index in [1.807, 2.05) is 12.1 Å². The summed E-state index contributed by atoms with van der Waals surface area (Å²) in [5, 5.41) is 10.0. The molecule has 0 atom stereocenters. The molecule has 2 rings (SSSR count). The van der Waals surface area contributed by atoms with Crippen LogP contribution in [0.5, 0.6) is 0 Å². The first kappa shape index (κ1) is 12.7. The summed E-state index contributed by atoms with van der Waals surface area (Å²) in [6, 6.07) is 7.27. The van der Waals surface area contributed by atoms with E-state index in [0.717, 1.165) is 5.56 Å². The molecule has 0 aliphatic heterocycles. The molecule has 1 aromatic heterocycles. The molecule has 0 radical (unpaired) electrons. The highest BCUT2D eigenvalue weighted by Gasteiger charge is 2.06. The Morgan fingerprint density at radius 3 is 2.78 bits per heavy atom. The molecule has 18 heavy (non-hydrogen) atoms. The molecule has 0 bridgehead atoms. The molecule has 0 unspecified atom stereocenters. The van der Waals surface area contributed by atoms with Gasteiger partial charge in [0, 0.05) is 23.2 Å². The summed E-state index contributed by atoms with van der Waals surface area (Å²) in [5.41, 5.74) is 7.18. The number of halogens is 1. The second kappa shape index (κ2) is 5.71. The third kappa shape index (κ3) is 2.92. The Bertz CT molecular complexity index is 609. The molecule has 0 aliphatic carbocycles. The molecule has 0 amide bonds. The van der Waals surface area contributed by atoms with Crippen molar-refractivity contribution in [2.45, 2.75) is 10.8 Å². The van der Waals surface area contributed by atoms with E-state index in [0.29, 0.717) is 27.2 Å². The second-order valence-corrected chi connectivity index (χ2v) is 4.82. The molecule has 4 nitrogen and oxygen atoms in total. The van der Waals surface area contributed by atoms with Gasteiger partial charge in [-0.3, -0.25) is 0 Å². The monoisotopic (exact) mass is 276 g/mol. The van der Waals surface area contributed by atoms with Crippen LogP contribution < -0.4 is 5.73 Å². The standard InChI is InChI=1S/C12H9ClN4S/c13-10-5-8(6-14)1-2-9(10)7-18-12-11(15)16-3-4-17-12/h1-5H,7H2,(H2,15,16). The van der Waals surface area contributed by atoms with Crippen molar-refractivity contribution in [1.29, 1.82) is 5.26 Å². The second-order valence-electron chi connectivity index (χ2n) is 3.45. The zero-order chi connectivity index (χ0) is 13.0. The van der Waals surface area contributed by atoms with Crippen LogP contribution in [0.25, 0.3) is 0 Å². The smallest absolute Gasteiger partial charge is 0.156 e.